The molecular weight excluding hydrogens is 335 g/mol. The van der Waals surface area contributed by atoms with Crippen LogP contribution in [0.2, 0.25) is 0 Å². The molecule has 0 saturated carbocycles. The van der Waals surface area contributed by atoms with Gasteiger partial charge in [0.25, 0.3) is 5.91 Å². The topological polar surface area (TPSA) is 77.6 Å². The van der Waals surface area contributed by atoms with Crippen LogP contribution in [0.25, 0.3) is 0 Å². The fourth-order valence-electron chi connectivity index (χ4n) is 2.70. The lowest BCUT2D eigenvalue weighted by atomic mass is 10.2. The molecule has 0 atom stereocenters. The van der Waals surface area contributed by atoms with E-state index in [9.17, 15) is 9.18 Å². The molecule has 3 aromatic rings. The second-order valence-electron chi connectivity index (χ2n) is 6.15. The molecule has 3 rings (SSSR count). The predicted molar refractivity (Wildman–Crippen MR) is 94.2 cm³/mol. The number of carbonyl (C=O) groups excluding carboxylic acids is 1. The SMILES string of the molecule is Cc1cc(C)n(CCCNC(=O)c2cn(Cc3ccccc3F)nn2)n1. The predicted octanol–water partition coefficient (Wildman–Crippen LogP) is 2.10. The van der Waals surface area contributed by atoms with Crippen molar-refractivity contribution in [3.05, 3.63) is 65.0 Å². The summed E-state index contributed by atoms with van der Waals surface area (Å²) in [4.78, 5) is 12.1. The van der Waals surface area contributed by atoms with E-state index in [0.29, 0.717) is 12.1 Å². The van der Waals surface area contributed by atoms with Gasteiger partial charge in [-0.2, -0.15) is 5.10 Å². The van der Waals surface area contributed by atoms with Crippen molar-refractivity contribution in [2.24, 2.45) is 0 Å². The maximum Gasteiger partial charge on any atom is 0.273 e. The monoisotopic (exact) mass is 356 g/mol. The summed E-state index contributed by atoms with van der Waals surface area (Å²) in [7, 11) is 0. The van der Waals surface area contributed by atoms with Gasteiger partial charge in [0.2, 0.25) is 0 Å². The highest BCUT2D eigenvalue weighted by atomic mass is 19.1. The first kappa shape index (κ1) is 17.8. The minimum Gasteiger partial charge on any atom is -0.351 e. The van der Waals surface area contributed by atoms with E-state index in [0.717, 1.165) is 24.4 Å². The number of nitrogens with one attached hydrogen (secondary N) is 1. The van der Waals surface area contributed by atoms with Gasteiger partial charge in [0.1, 0.15) is 5.82 Å². The first-order chi connectivity index (χ1) is 12.5. The third-order valence-corrected chi connectivity index (χ3v) is 4.00. The van der Waals surface area contributed by atoms with Crippen LogP contribution >= 0.6 is 0 Å². The molecule has 26 heavy (non-hydrogen) atoms. The van der Waals surface area contributed by atoms with E-state index in [-0.39, 0.29) is 24.0 Å². The Morgan fingerprint density at radius 3 is 2.81 bits per heavy atom. The summed E-state index contributed by atoms with van der Waals surface area (Å²) in [5.74, 6) is -0.601. The van der Waals surface area contributed by atoms with Crippen LogP contribution in [0.4, 0.5) is 4.39 Å². The Balaban J connectivity index is 1.49. The number of amides is 1. The second-order valence-corrected chi connectivity index (χ2v) is 6.15. The zero-order valence-corrected chi connectivity index (χ0v) is 14.8. The number of hydrogen-bond acceptors (Lipinski definition) is 4. The molecule has 1 amide bonds. The van der Waals surface area contributed by atoms with Crippen molar-refractivity contribution in [1.82, 2.24) is 30.1 Å². The highest BCUT2D eigenvalue weighted by Crippen LogP contribution is 2.08. The Bertz CT molecular complexity index is 901. The lowest BCUT2D eigenvalue weighted by Gasteiger charge is -2.05. The zero-order chi connectivity index (χ0) is 18.5. The van der Waals surface area contributed by atoms with Gasteiger partial charge in [-0.05, 0) is 32.4 Å². The van der Waals surface area contributed by atoms with Gasteiger partial charge in [0.15, 0.2) is 5.69 Å². The largest absolute Gasteiger partial charge is 0.351 e. The van der Waals surface area contributed by atoms with E-state index in [1.165, 1.54) is 16.9 Å². The van der Waals surface area contributed by atoms with E-state index in [4.69, 9.17) is 0 Å². The van der Waals surface area contributed by atoms with E-state index in [1.54, 1.807) is 18.2 Å². The third-order valence-electron chi connectivity index (χ3n) is 4.00. The van der Waals surface area contributed by atoms with Gasteiger partial charge in [-0.25, -0.2) is 9.07 Å². The number of halogens is 1. The van der Waals surface area contributed by atoms with Crippen LogP contribution in [0.3, 0.4) is 0 Å². The summed E-state index contributed by atoms with van der Waals surface area (Å²) in [5.41, 5.74) is 2.80. The van der Waals surface area contributed by atoms with E-state index < -0.39 is 0 Å². The Morgan fingerprint density at radius 2 is 2.08 bits per heavy atom. The normalized spacial score (nSPS) is 10.9. The third kappa shape index (κ3) is 4.33. The van der Waals surface area contributed by atoms with Crippen LogP contribution in [0.15, 0.2) is 36.5 Å². The van der Waals surface area contributed by atoms with Gasteiger partial charge < -0.3 is 5.32 Å². The molecule has 0 aliphatic heterocycles. The molecule has 0 spiro atoms. The van der Waals surface area contributed by atoms with Crippen molar-refractivity contribution >= 4 is 5.91 Å². The number of benzene rings is 1. The van der Waals surface area contributed by atoms with Gasteiger partial charge in [-0.1, -0.05) is 23.4 Å². The molecule has 2 aromatic heterocycles. The molecule has 1 N–H and O–H groups in total. The first-order valence-corrected chi connectivity index (χ1v) is 8.46. The maximum atomic E-state index is 13.7. The lowest BCUT2D eigenvalue weighted by molar-refractivity contribution is 0.0947. The molecule has 0 radical (unpaired) electrons. The number of carbonyl (C=O) groups is 1. The summed E-state index contributed by atoms with van der Waals surface area (Å²) in [6, 6.07) is 8.47. The van der Waals surface area contributed by atoms with Crippen LogP contribution < -0.4 is 5.32 Å². The van der Waals surface area contributed by atoms with Crippen molar-refractivity contribution in [2.75, 3.05) is 6.54 Å². The molecule has 8 heteroatoms. The lowest BCUT2D eigenvalue weighted by Crippen LogP contribution is -2.25. The number of hydrogen-bond donors (Lipinski definition) is 1. The van der Waals surface area contributed by atoms with Crippen molar-refractivity contribution in [3.8, 4) is 0 Å². The number of aryl methyl sites for hydroxylation is 3. The molecule has 0 bridgehead atoms. The molecular formula is C18H21FN6O. The summed E-state index contributed by atoms with van der Waals surface area (Å²) < 4.78 is 17.0. The molecule has 0 fully saturated rings. The van der Waals surface area contributed by atoms with Crippen LogP contribution in [-0.4, -0.2) is 37.2 Å². The summed E-state index contributed by atoms with van der Waals surface area (Å²) >= 11 is 0. The molecule has 136 valence electrons. The van der Waals surface area contributed by atoms with Crippen molar-refractivity contribution in [3.63, 3.8) is 0 Å². The van der Waals surface area contributed by atoms with E-state index in [1.807, 2.05) is 24.6 Å². The molecule has 2 heterocycles. The smallest absolute Gasteiger partial charge is 0.273 e. The molecule has 7 nitrogen and oxygen atoms in total. The molecule has 1 aromatic carbocycles. The van der Waals surface area contributed by atoms with Crippen molar-refractivity contribution in [2.45, 2.75) is 33.4 Å². The van der Waals surface area contributed by atoms with Gasteiger partial charge in [-0.3, -0.25) is 9.48 Å². The molecule has 0 saturated heterocycles. The molecule has 0 aliphatic rings. The quantitative estimate of drug-likeness (QED) is 0.658. The van der Waals surface area contributed by atoms with Gasteiger partial charge in [0.05, 0.1) is 18.4 Å². The zero-order valence-electron chi connectivity index (χ0n) is 14.8. The van der Waals surface area contributed by atoms with Gasteiger partial charge in [0, 0.05) is 24.3 Å². The summed E-state index contributed by atoms with van der Waals surface area (Å²) in [5, 5.41) is 14.9. The Kier molecular flexibility index (Phi) is 5.40. The van der Waals surface area contributed by atoms with E-state index >= 15 is 0 Å². The van der Waals surface area contributed by atoms with E-state index in [2.05, 4.69) is 20.7 Å². The van der Waals surface area contributed by atoms with Crippen LogP contribution in [0, 0.1) is 19.7 Å². The average molecular weight is 356 g/mol. The fourth-order valence-corrected chi connectivity index (χ4v) is 2.70. The summed E-state index contributed by atoms with van der Waals surface area (Å²) in [6.07, 6.45) is 2.28. The van der Waals surface area contributed by atoms with Crippen LogP contribution in [-0.2, 0) is 13.1 Å². The van der Waals surface area contributed by atoms with Crippen LogP contribution in [0.1, 0.15) is 33.9 Å². The summed E-state index contributed by atoms with van der Waals surface area (Å²) in [6.45, 7) is 5.44. The number of rotatable bonds is 7. The number of aromatic nitrogens is 5. The minimum atomic E-state index is -0.307. The fraction of sp³-hybridized carbons (Fsp3) is 0.333. The second kappa shape index (κ2) is 7.90. The number of nitrogens with zero attached hydrogens (tertiary/aromatic N) is 5. The minimum absolute atomic E-state index is 0.215. The standard InChI is InChI=1S/C18H21FN6O/c1-13-10-14(2)25(22-13)9-5-8-20-18(26)17-12-24(23-21-17)11-15-6-3-4-7-16(15)19/h3-4,6-7,10,12H,5,8-9,11H2,1-2H3,(H,20,26). The Labute approximate surface area is 150 Å². The average Bonchev–Trinajstić information content (AvgIpc) is 3.20. The Morgan fingerprint density at radius 1 is 1.27 bits per heavy atom. The maximum absolute atomic E-state index is 13.7. The highest BCUT2D eigenvalue weighted by molar-refractivity contribution is 5.91. The van der Waals surface area contributed by atoms with Crippen LogP contribution in [0.5, 0.6) is 0 Å². The highest BCUT2D eigenvalue weighted by Gasteiger charge is 2.11. The molecule has 0 unspecified atom stereocenters. The van der Waals surface area contributed by atoms with Crippen molar-refractivity contribution in [1.29, 1.82) is 0 Å². The van der Waals surface area contributed by atoms with Gasteiger partial charge in [-0.15, -0.1) is 5.10 Å². The van der Waals surface area contributed by atoms with Crippen molar-refractivity contribution < 1.29 is 9.18 Å². The Hall–Kier alpha value is -3.03. The first-order valence-electron chi connectivity index (χ1n) is 8.46. The van der Waals surface area contributed by atoms with Gasteiger partial charge >= 0.3 is 0 Å². The molecule has 0 aliphatic carbocycles.